The quantitative estimate of drug-likeness (QED) is 0.0261. The van der Waals surface area contributed by atoms with Crippen molar-refractivity contribution in [2.45, 2.75) is 374 Å². The van der Waals surface area contributed by atoms with Gasteiger partial charge in [-0.1, -0.05) is 351 Å². The number of ether oxygens (including phenoxy) is 3. The maximum atomic E-state index is 12.9. The lowest BCUT2D eigenvalue weighted by atomic mass is 10.0. The van der Waals surface area contributed by atoms with E-state index < -0.39 is 12.1 Å². The molecule has 0 bridgehead atoms. The third-order valence-corrected chi connectivity index (χ3v) is 15.7. The highest BCUT2D eigenvalue weighted by molar-refractivity contribution is 5.72. The molecule has 6 nitrogen and oxygen atoms in total. The highest BCUT2D eigenvalue weighted by Gasteiger charge is 2.19. The zero-order valence-electron chi connectivity index (χ0n) is 54.1. The molecule has 1 unspecified atom stereocenters. The lowest BCUT2D eigenvalue weighted by Gasteiger charge is -2.18. The van der Waals surface area contributed by atoms with Crippen molar-refractivity contribution in [3.63, 3.8) is 0 Å². The van der Waals surface area contributed by atoms with Crippen molar-refractivity contribution in [3.8, 4) is 0 Å². The Kier molecular flexibility index (Phi) is 66.6. The van der Waals surface area contributed by atoms with Crippen LogP contribution in [0, 0.1) is 0 Å². The second-order valence-electron chi connectivity index (χ2n) is 23.8. The Morgan fingerprint density at radius 2 is 0.531 bits per heavy atom. The molecule has 0 aromatic rings. The number of rotatable bonds is 65. The standard InChI is InChI=1S/C75H134O6/c1-4-7-10-13-16-19-22-25-28-30-31-32-33-34-35-36-37-38-39-40-41-42-43-44-45-48-50-53-56-59-62-65-68-74(77)80-71-72(70-79-73(76)67-64-61-58-55-52-49-46-27-24-21-18-15-12-9-6-3)81-75(78)69-66-63-60-57-54-51-47-29-26-23-20-17-14-11-8-5-2/h9,12,18,21,27,29,46-47,52,55,61,64,72H,4-8,10-11,13-17,19-20,22-26,28,30-45,48-51,53-54,56-60,62-63,65-71H2,1-3H3/b12-9-,21-18-,46-27-,47-29-,55-52-,64-61-. The van der Waals surface area contributed by atoms with Crippen LogP contribution in [0.4, 0.5) is 0 Å². The Labute approximate surface area is 503 Å². The molecule has 0 aliphatic heterocycles. The Balaban J connectivity index is 4.20. The predicted molar refractivity (Wildman–Crippen MR) is 353 cm³/mol. The number of hydrogen-bond donors (Lipinski definition) is 0. The predicted octanol–water partition coefficient (Wildman–Crippen LogP) is 24.4. The Hall–Kier alpha value is -3.15. The van der Waals surface area contributed by atoms with Crippen LogP contribution in [-0.4, -0.2) is 37.2 Å². The Morgan fingerprint density at radius 3 is 0.852 bits per heavy atom. The molecule has 0 aliphatic carbocycles. The molecular formula is C75H134O6. The first-order valence-corrected chi connectivity index (χ1v) is 35.4. The molecule has 0 rings (SSSR count). The van der Waals surface area contributed by atoms with Crippen LogP contribution in [0.3, 0.4) is 0 Å². The van der Waals surface area contributed by atoms with Crippen LogP contribution >= 0.6 is 0 Å². The van der Waals surface area contributed by atoms with Crippen molar-refractivity contribution in [2.24, 2.45) is 0 Å². The first-order chi connectivity index (χ1) is 40.0. The minimum absolute atomic E-state index is 0.106. The first kappa shape index (κ1) is 77.9. The summed E-state index contributed by atoms with van der Waals surface area (Å²) in [6.45, 7) is 6.48. The average Bonchev–Trinajstić information content (AvgIpc) is 3.47. The second-order valence-corrected chi connectivity index (χ2v) is 23.8. The van der Waals surface area contributed by atoms with Gasteiger partial charge in [-0.15, -0.1) is 0 Å². The van der Waals surface area contributed by atoms with Gasteiger partial charge < -0.3 is 14.2 Å². The van der Waals surface area contributed by atoms with Crippen molar-refractivity contribution >= 4 is 17.9 Å². The average molecular weight is 1130 g/mol. The summed E-state index contributed by atoms with van der Waals surface area (Å²) >= 11 is 0. The van der Waals surface area contributed by atoms with Gasteiger partial charge in [0.2, 0.25) is 0 Å². The molecular weight excluding hydrogens is 997 g/mol. The third-order valence-electron chi connectivity index (χ3n) is 15.7. The third kappa shape index (κ3) is 67.5. The summed E-state index contributed by atoms with van der Waals surface area (Å²) in [7, 11) is 0. The van der Waals surface area contributed by atoms with E-state index in [4.69, 9.17) is 14.2 Å². The number of esters is 3. The molecule has 1 atom stereocenters. The van der Waals surface area contributed by atoms with Gasteiger partial charge in [-0.3, -0.25) is 14.4 Å². The summed E-state index contributed by atoms with van der Waals surface area (Å²) in [5.41, 5.74) is 0. The molecule has 0 aromatic heterocycles. The number of carbonyl (C=O) groups is 3. The van der Waals surface area contributed by atoms with Gasteiger partial charge in [0, 0.05) is 12.8 Å². The summed E-state index contributed by atoms with van der Waals surface area (Å²) < 4.78 is 16.8. The van der Waals surface area contributed by atoms with Crippen molar-refractivity contribution < 1.29 is 28.6 Å². The van der Waals surface area contributed by atoms with E-state index in [2.05, 4.69) is 81.5 Å². The highest BCUT2D eigenvalue weighted by Crippen LogP contribution is 2.18. The lowest BCUT2D eigenvalue weighted by molar-refractivity contribution is -0.166. The van der Waals surface area contributed by atoms with Gasteiger partial charge in [0.05, 0.1) is 6.42 Å². The van der Waals surface area contributed by atoms with Crippen LogP contribution in [0.1, 0.15) is 367 Å². The number of carbonyl (C=O) groups excluding carboxylic acids is 3. The van der Waals surface area contributed by atoms with Crippen LogP contribution in [0.5, 0.6) is 0 Å². The molecule has 0 radical (unpaired) electrons. The first-order valence-electron chi connectivity index (χ1n) is 35.4. The van der Waals surface area contributed by atoms with Crippen molar-refractivity contribution in [3.05, 3.63) is 72.9 Å². The van der Waals surface area contributed by atoms with Gasteiger partial charge in [0.15, 0.2) is 6.10 Å². The van der Waals surface area contributed by atoms with Crippen LogP contribution in [0.25, 0.3) is 0 Å². The van der Waals surface area contributed by atoms with E-state index in [1.54, 1.807) is 6.08 Å². The summed E-state index contributed by atoms with van der Waals surface area (Å²) in [5.74, 6) is -1.03. The fourth-order valence-corrected chi connectivity index (χ4v) is 10.5. The zero-order valence-corrected chi connectivity index (χ0v) is 54.1. The highest BCUT2D eigenvalue weighted by atomic mass is 16.6. The summed E-state index contributed by atoms with van der Waals surface area (Å²) in [5, 5.41) is 0. The molecule has 0 aromatic carbocycles. The fraction of sp³-hybridized carbons (Fsp3) is 0.800. The van der Waals surface area contributed by atoms with E-state index in [0.29, 0.717) is 12.8 Å². The molecule has 0 spiro atoms. The number of hydrogen-bond acceptors (Lipinski definition) is 6. The molecule has 0 heterocycles. The van der Waals surface area contributed by atoms with Gasteiger partial charge in [-0.2, -0.15) is 0 Å². The minimum Gasteiger partial charge on any atom is -0.462 e. The van der Waals surface area contributed by atoms with E-state index in [0.717, 1.165) is 83.5 Å². The van der Waals surface area contributed by atoms with Gasteiger partial charge >= 0.3 is 17.9 Å². The normalized spacial score (nSPS) is 12.5. The monoisotopic (exact) mass is 1130 g/mol. The molecule has 0 fully saturated rings. The summed E-state index contributed by atoms with van der Waals surface area (Å²) in [6, 6.07) is 0. The van der Waals surface area contributed by atoms with E-state index >= 15 is 0 Å². The van der Waals surface area contributed by atoms with Gasteiger partial charge in [0.25, 0.3) is 0 Å². The molecule has 470 valence electrons. The molecule has 0 N–H and O–H groups in total. The second kappa shape index (κ2) is 69.3. The number of allylic oxidation sites excluding steroid dienone is 11. The van der Waals surface area contributed by atoms with E-state index in [1.807, 2.05) is 6.08 Å². The van der Waals surface area contributed by atoms with Crippen LogP contribution < -0.4 is 0 Å². The number of unbranched alkanes of at least 4 members (excludes halogenated alkanes) is 43. The maximum Gasteiger partial charge on any atom is 0.309 e. The smallest absolute Gasteiger partial charge is 0.309 e. The largest absolute Gasteiger partial charge is 0.462 e. The molecule has 6 heteroatoms. The minimum atomic E-state index is -0.820. The van der Waals surface area contributed by atoms with Gasteiger partial charge in [0.1, 0.15) is 13.2 Å². The van der Waals surface area contributed by atoms with Crippen LogP contribution in [0.2, 0.25) is 0 Å². The fourth-order valence-electron chi connectivity index (χ4n) is 10.5. The molecule has 0 aliphatic rings. The molecule has 81 heavy (non-hydrogen) atoms. The van der Waals surface area contributed by atoms with E-state index in [-0.39, 0.29) is 31.6 Å². The SMILES string of the molecule is CC/C=C\C/C=C\C/C=C\C/C=C\C/C=C\CC(=O)OCC(COC(=O)CCCCCCCCCCCCCCCCCCCCCCCCCCCCCCCCCC)OC(=O)CCCCCCC/C=C\CCCCCCCCC. The van der Waals surface area contributed by atoms with Crippen LogP contribution in [0.15, 0.2) is 72.9 Å². The van der Waals surface area contributed by atoms with Crippen molar-refractivity contribution in [1.29, 1.82) is 0 Å². The summed E-state index contributed by atoms with van der Waals surface area (Å²) in [4.78, 5) is 38.3. The lowest BCUT2D eigenvalue weighted by Crippen LogP contribution is -2.30. The van der Waals surface area contributed by atoms with Crippen molar-refractivity contribution in [2.75, 3.05) is 13.2 Å². The Bertz CT molecular complexity index is 1490. The van der Waals surface area contributed by atoms with Gasteiger partial charge in [-0.25, -0.2) is 0 Å². The van der Waals surface area contributed by atoms with Gasteiger partial charge in [-0.05, 0) is 70.6 Å². The molecule has 0 saturated carbocycles. The molecule has 0 saturated heterocycles. The topological polar surface area (TPSA) is 78.9 Å². The Morgan fingerprint density at radius 1 is 0.272 bits per heavy atom. The van der Waals surface area contributed by atoms with Crippen molar-refractivity contribution in [1.82, 2.24) is 0 Å². The van der Waals surface area contributed by atoms with E-state index in [1.165, 1.54) is 244 Å². The molecule has 0 amide bonds. The summed E-state index contributed by atoms with van der Waals surface area (Å²) in [6.07, 6.45) is 91.3. The van der Waals surface area contributed by atoms with E-state index in [9.17, 15) is 14.4 Å². The van der Waals surface area contributed by atoms with Crippen LogP contribution in [-0.2, 0) is 28.6 Å². The maximum absolute atomic E-state index is 12.9. The zero-order chi connectivity index (χ0) is 58.5.